The van der Waals surface area contributed by atoms with Crippen molar-refractivity contribution in [1.29, 1.82) is 0 Å². The van der Waals surface area contributed by atoms with E-state index < -0.39 is 6.09 Å². The van der Waals surface area contributed by atoms with E-state index in [0.717, 1.165) is 47.3 Å². The van der Waals surface area contributed by atoms with Gasteiger partial charge in [0.2, 0.25) is 0 Å². The smallest absolute Gasteiger partial charge is 0.442 e. The van der Waals surface area contributed by atoms with Gasteiger partial charge in [-0.1, -0.05) is 104 Å². The summed E-state index contributed by atoms with van der Waals surface area (Å²) in [5.74, 6) is 0.832. The molecule has 0 saturated carbocycles. The molecule has 0 N–H and O–H groups in total. The first-order valence-corrected chi connectivity index (χ1v) is 10.8. The van der Waals surface area contributed by atoms with Crippen molar-refractivity contribution in [2.75, 3.05) is 0 Å². The zero-order valence-corrected chi connectivity index (χ0v) is 17.7. The van der Waals surface area contributed by atoms with E-state index in [1.165, 1.54) is 5.06 Å². The van der Waals surface area contributed by atoms with Crippen LogP contribution in [0.1, 0.15) is 48.9 Å². The molecule has 1 aliphatic heterocycles. The van der Waals surface area contributed by atoms with Gasteiger partial charge in [0, 0.05) is 12.0 Å². The average molecular weight is 414 g/mol. The Balaban J connectivity index is 1.67. The van der Waals surface area contributed by atoms with E-state index in [1.807, 2.05) is 78.9 Å². The average Bonchev–Trinajstić information content (AvgIpc) is 3.22. The number of hydrogen-bond donors (Lipinski definition) is 0. The molecule has 1 aliphatic rings. The van der Waals surface area contributed by atoms with E-state index in [1.54, 1.807) is 0 Å². The first-order valence-electron chi connectivity index (χ1n) is 10.8. The molecule has 0 radical (unpaired) electrons. The lowest BCUT2D eigenvalue weighted by atomic mass is 9.91. The van der Waals surface area contributed by atoms with Gasteiger partial charge in [0.05, 0.1) is 0 Å². The molecule has 0 fully saturated rings. The lowest BCUT2D eigenvalue weighted by molar-refractivity contribution is -0.102. The van der Waals surface area contributed by atoms with Gasteiger partial charge in [0.25, 0.3) is 0 Å². The second-order valence-electron chi connectivity index (χ2n) is 7.58. The summed E-state index contributed by atoms with van der Waals surface area (Å²) in [7, 11) is 0. The summed E-state index contributed by atoms with van der Waals surface area (Å²) in [5.41, 5.74) is 4.01. The number of hydrogen-bond acceptors (Lipinski definition) is 3. The van der Waals surface area contributed by atoms with Crippen LogP contribution < -0.4 is 0 Å². The predicted molar refractivity (Wildman–Crippen MR) is 122 cm³/mol. The van der Waals surface area contributed by atoms with Crippen LogP contribution in [0.25, 0.3) is 5.57 Å². The highest BCUT2D eigenvalue weighted by molar-refractivity contribution is 5.80. The second-order valence-corrected chi connectivity index (χ2v) is 7.58. The van der Waals surface area contributed by atoms with Gasteiger partial charge in [-0.25, -0.2) is 4.79 Å². The van der Waals surface area contributed by atoms with Crippen molar-refractivity contribution in [3.8, 4) is 0 Å². The largest absolute Gasteiger partial charge is 0.444 e. The minimum atomic E-state index is -0.488. The molecule has 0 spiro atoms. The molecule has 4 nitrogen and oxygen atoms in total. The van der Waals surface area contributed by atoms with Crippen LogP contribution in [0.4, 0.5) is 4.79 Å². The Morgan fingerprint density at radius 3 is 2.16 bits per heavy atom. The van der Waals surface area contributed by atoms with Crippen LogP contribution in [-0.4, -0.2) is 11.2 Å². The maximum absolute atomic E-state index is 13.2. The second kappa shape index (κ2) is 9.98. The molecule has 4 rings (SSSR count). The van der Waals surface area contributed by atoms with Crippen LogP contribution in [-0.2, 0) is 16.2 Å². The Morgan fingerprint density at radius 1 is 0.903 bits per heavy atom. The van der Waals surface area contributed by atoms with E-state index in [9.17, 15) is 4.79 Å². The van der Waals surface area contributed by atoms with Gasteiger partial charge in [-0.2, -0.15) is 0 Å². The van der Waals surface area contributed by atoms with Gasteiger partial charge in [-0.05, 0) is 23.1 Å². The number of benzene rings is 3. The van der Waals surface area contributed by atoms with Crippen molar-refractivity contribution in [3.63, 3.8) is 0 Å². The third-order valence-corrected chi connectivity index (χ3v) is 5.36. The summed E-state index contributed by atoms with van der Waals surface area (Å²) < 4.78 is 5.64. The topological polar surface area (TPSA) is 38.8 Å². The number of allylic oxidation sites excluding steroid dienone is 1. The highest BCUT2D eigenvalue weighted by Crippen LogP contribution is 2.45. The fraction of sp³-hybridized carbons (Fsp3) is 0.222. The molecule has 1 atom stereocenters. The number of carbonyl (C=O) groups is 1. The lowest BCUT2D eigenvalue weighted by Crippen LogP contribution is -2.31. The summed E-state index contributed by atoms with van der Waals surface area (Å²) >= 11 is 0. The maximum Gasteiger partial charge on any atom is 0.444 e. The number of nitrogens with zero attached hydrogens (tertiary/aromatic N) is 1. The van der Waals surface area contributed by atoms with E-state index in [-0.39, 0.29) is 12.6 Å². The Labute approximate surface area is 183 Å². The van der Waals surface area contributed by atoms with Crippen molar-refractivity contribution in [2.24, 2.45) is 0 Å². The zero-order valence-electron chi connectivity index (χ0n) is 17.7. The SMILES string of the molecule is CCCCC1=C(c2ccccc2)C(c2ccccc2)N(C(=O)OCc2ccccc2)O1. The monoisotopic (exact) mass is 413 g/mol. The first-order chi connectivity index (χ1) is 15.3. The van der Waals surface area contributed by atoms with E-state index in [2.05, 4.69) is 19.1 Å². The van der Waals surface area contributed by atoms with Crippen molar-refractivity contribution >= 4 is 11.7 Å². The molecule has 0 saturated heterocycles. The van der Waals surface area contributed by atoms with Crippen LogP contribution in [0.3, 0.4) is 0 Å². The number of ether oxygens (including phenoxy) is 1. The van der Waals surface area contributed by atoms with Gasteiger partial charge in [-0.3, -0.25) is 0 Å². The highest BCUT2D eigenvalue weighted by Gasteiger charge is 2.40. The molecule has 0 aliphatic carbocycles. The fourth-order valence-corrected chi connectivity index (χ4v) is 3.81. The van der Waals surface area contributed by atoms with E-state index in [4.69, 9.17) is 9.57 Å². The summed E-state index contributed by atoms with van der Waals surface area (Å²) in [4.78, 5) is 19.3. The van der Waals surface area contributed by atoms with Crippen molar-refractivity contribution in [1.82, 2.24) is 5.06 Å². The third kappa shape index (κ3) is 4.80. The molecular formula is C27H27NO3. The molecule has 0 aromatic heterocycles. The van der Waals surface area contributed by atoms with Crippen LogP contribution >= 0.6 is 0 Å². The summed E-state index contributed by atoms with van der Waals surface area (Å²) in [6.45, 7) is 2.35. The Hall–Kier alpha value is -3.53. The maximum atomic E-state index is 13.2. The lowest BCUT2D eigenvalue weighted by Gasteiger charge is -2.24. The molecule has 31 heavy (non-hydrogen) atoms. The third-order valence-electron chi connectivity index (χ3n) is 5.36. The Morgan fingerprint density at radius 2 is 1.52 bits per heavy atom. The van der Waals surface area contributed by atoms with E-state index in [0.29, 0.717) is 0 Å². The van der Waals surface area contributed by atoms with Crippen LogP contribution in [0.15, 0.2) is 96.8 Å². The summed E-state index contributed by atoms with van der Waals surface area (Å²) in [6.07, 6.45) is 2.31. The number of unbranched alkanes of at least 4 members (excludes halogenated alkanes) is 1. The number of hydroxylamine groups is 2. The molecular weight excluding hydrogens is 386 g/mol. The normalized spacial score (nSPS) is 15.6. The van der Waals surface area contributed by atoms with Crippen molar-refractivity contribution in [3.05, 3.63) is 113 Å². The van der Waals surface area contributed by atoms with Gasteiger partial charge in [0.1, 0.15) is 18.4 Å². The van der Waals surface area contributed by atoms with Gasteiger partial charge >= 0.3 is 6.09 Å². The highest BCUT2D eigenvalue weighted by atomic mass is 16.7. The summed E-state index contributed by atoms with van der Waals surface area (Å²) in [5, 5.41) is 1.39. The zero-order chi connectivity index (χ0) is 21.5. The quantitative estimate of drug-likeness (QED) is 0.422. The molecule has 158 valence electrons. The number of rotatable bonds is 7. The first kappa shape index (κ1) is 20.7. The minimum absolute atomic E-state index is 0.200. The minimum Gasteiger partial charge on any atom is -0.442 e. The van der Waals surface area contributed by atoms with Crippen LogP contribution in [0, 0.1) is 0 Å². The number of carbonyl (C=O) groups excluding carboxylic acids is 1. The predicted octanol–water partition coefficient (Wildman–Crippen LogP) is 6.91. The molecule has 1 unspecified atom stereocenters. The summed E-state index contributed by atoms with van der Waals surface area (Å²) in [6, 6.07) is 29.5. The Kier molecular flexibility index (Phi) is 6.68. The molecule has 1 amide bonds. The molecule has 4 heteroatoms. The fourth-order valence-electron chi connectivity index (χ4n) is 3.81. The van der Waals surface area contributed by atoms with Crippen molar-refractivity contribution in [2.45, 2.75) is 38.8 Å². The standard InChI is InChI=1S/C27H27NO3/c1-2-3-19-24-25(22-15-9-5-10-16-22)26(23-17-11-6-12-18-23)28(31-24)27(29)30-20-21-13-7-4-8-14-21/h4-18,26H,2-3,19-20H2,1H3. The molecule has 3 aromatic carbocycles. The number of amides is 1. The van der Waals surface area contributed by atoms with Gasteiger partial charge < -0.3 is 9.57 Å². The molecule has 0 bridgehead atoms. The van der Waals surface area contributed by atoms with E-state index >= 15 is 0 Å². The van der Waals surface area contributed by atoms with Crippen LogP contribution in [0.2, 0.25) is 0 Å². The molecule has 3 aromatic rings. The Bertz CT molecular complexity index is 1020. The van der Waals surface area contributed by atoms with Crippen molar-refractivity contribution < 1.29 is 14.4 Å². The van der Waals surface area contributed by atoms with Gasteiger partial charge in [-0.15, -0.1) is 5.06 Å². The van der Waals surface area contributed by atoms with Crippen LogP contribution in [0.5, 0.6) is 0 Å². The molecule has 1 heterocycles. The van der Waals surface area contributed by atoms with Gasteiger partial charge in [0.15, 0.2) is 0 Å².